The molecule has 0 unspecified atom stereocenters. The van der Waals surface area contributed by atoms with E-state index in [-0.39, 0.29) is 4.90 Å². The molecule has 4 aromatic rings. The SMILES string of the molecule is O=C(Nc1nc(-c2cc3ccccc3oc2=O)cs1)c1ccc(S(=O)(=O)N2CCCCCC2)cc1. The lowest BCUT2D eigenvalue weighted by Crippen LogP contribution is -2.31. The van der Waals surface area contributed by atoms with Crippen LogP contribution in [0, 0.1) is 0 Å². The minimum absolute atomic E-state index is 0.176. The zero-order chi connectivity index (χ0) is 24.4. The summed E-state index contributed by atoms with van der Waals surface area (Å²) in [6.07, 6.45) is 3.79. The van der Waals surface area contributed by atoms with E-state index in [0.717, 1.165) is 31.1 Å². The van der Waals surface area contributed by atoms with Gasteiger partial charge in [-0.05, 0) is 49.2 Å². The Morgan fingerprint density at radius 2 is 1.71 bits per heavy atom. The zero-order valence-corrected chi connectivity index (χ0v) is 20.4. The summed E-state index contributed by atoms with van der Waals surface area (Å²) in [5.74, 6) is -0.421. The van der Waals surface area contributed by atoms with Gasteiger partial charge in [0.2, 0.25) is 10.0 Å². The maximum absolute atomic E-state index is 12.9. The van der Waals surface area contributed by atoms with Crippen LogP contribution in [0.2, 0.25) is 0 Å². The second kappa shape index (κ2) is 9.73. The van der Waals surface area contributed by atoms with Gasteiger partial charge in [0, 0.05) is 29.4 Å². The molecule has 1 fully saturated rings. The van der Waals surface area contributed by atoms with Crippen LogP contribution in [0.15, 0.2) is 74.1 Å². The van der Waals surface area contributed by atoms with Gasteiger partial charge < -0.3 is 4.42 Å². The van der Waals surface area contributed by atoms with Gasteiger partial charge in [0.1, 0.15) is 5.58 Å². The number of carbonyl (C=O) groups is 1. The van der Waals surface area contributed by atoms with Crippen LogP contribution in [0.5, 0.6) is 0 Å². The lowest BCUT2D eigenvalue weighted by Gasteiger charge is -2.20. The van der Waals surface area contributed by atoms with Gasteiger partial charge in [-0.3, -0.25) is 10.1 Å². The Morgan fingerprint density at radius 3 is 2.46 bits per heavy atom. The standard InChI is InChI=1S/C25H23N3O5S2/c29-23(17-9-11-19(12-10-17)35(31,32)28-13-5-1-2-6-14-28)27-25-26-21(16-34-25)20-15-18-7-3-4-8-22(18)33-24(20)30/h3-4,7-12,15-16H,1-2,5-6,13-14H2,(H,26,27,29). The van der Waals surface area contributed by atoms with Crippen molar-refractivity contribution in [2.45, 2.75) is 30.6 Å². The molecule has 0 bridgehead atoms. The molecule has 1 amide bonds. The third-order valence-corrected chi connectivity index (χ3v) is 8.63. The summed E-state index contributed by atoms with van der Waals surface area (Å²) >= 11 is 1.18. The summed E-state index contributed by atoms with van der Waals surface area (Å²) in [6.45, 7) is 1.04. The van der Waals surface area contributed by atoms with Crippen molar-refractivity contribution in [2.24, 2.45) is 0 Å². The molecule has 5 rings (SSSR count). The minimum Gasteiger partial charge on any atom is -0.422 e. The molecule has 1 aliphatic heterocycles. The van der Waals surface area contributed by atoms with Crippen molar-refractivity contribution in [3.05, 3.63) is 76.0 Å². The van der Waals surface area contributed by atoms with Crippen LogP contribution < -0.4 is 10.9 Å². The highest BCUT2D eigenvalue weighted by molar-refractivity contribution is 7.89. The third kappa shape index (κ3) is 4.90. The Morgan fingerprint density at radius 1 is 1.00 bits per heavy atom. The summed E-state index contributed by atoms with van der Waals surface area (Å²) in [4.78, 5) is 29.7. The Bertz CT molecular complexity index is 1530. The fourth-order valence-electron chi connectivity index (χ4n) is 4.07. The lowest BCUT2D eigenvalue weighted by atomic mass is 10.1. The maximum atomic E-state index is 12.9. The van der Waals surface area contributed by atoms with E-state index in [9.17, 15) is 18.0 Å². The van der Waals surface area contributed by atoms with Crippen LogP contribution in [0.4, 0.5) is 5.13 Å². The van der Waals surface area contributed by atoms with Gasteiger partial charge in [0.05, 0.1) is 16.2 Å². The molecule has 2 aromatic carbocycles. The highest BCUT2D eigenvalue weighted by atomic mass is 32.2. The number of nitrogens with one attached hydrogen (secondary N) is 1. The lowest BCUT2D eigenvalue weighted by molar-refractivity contribution is 0.102. The largest absolute Gasteiger partial charge is 0.422 e. The highest BCUT2D eigenvalue weighted by Gasteiger charge is 2.25. The maximum Gasteiger partial charge on any atom is 0.345 e. The number of benzene rings is 2. The average Bonchev–Trinajstić information content (AvgIpc) is 3.13. The molecule has 0 aliphatic carbocycles. The van der Waals surface area contributed by atoms with Crippen molar-refractivity contribution in [3.63, 3.8) is 0 Å². The summed E-state index contributed by atoms with van der Waals surface area (Å²) in [5, 5.41) is 5.48. The first kappa shape index (κ1) is 23.4. The number of hydrogen-bond donors (Lipinski definition) is 1. The third-order valence-electron chi connectivity index (χ3n) is 5.96. The molecule has 2 aromatic heterocycles. The van der Waals surface area contributed by atoms with Gasteiger partial charge >= 0.3 is 5.63 Å². The molecular weight excluding hydrogens is 486 g/mol. The predicted octanol–water partition coefficient (Wildman–Crippen LogP) is 4.73. The number of hydrogen-bond acceptors (Lipinski definition) is 7. The molecule has 10 heteroatoms. The van der Waals surface area contributed by atoms with Crippen LogP contribution in [0.25, 0.3) is 22.2 Å². The van der Waals surface area contributed by atoms with Crippen molar-refractivity contribution >= 4 is 43.4 Å². The Balaban J connectivity index is 1.31. The number of fused-ring (bicyclic) bond motifs is 1. The number of rotatable bonds is 5. The number of aromatic nitrogens is 1. The first-order valence-corrected chi connectivity index (χ1v) is 13.6. The quantitative estimate of drug-likeness (QED) is 0.390. The van der Waals surface area contributed by atoms with Crippen molar-refractivity contribution in [1.29, 1.82) is 0 Å². The molecule has 1 N–H and O–H groups in total. The molecule has 35 heavy (non-hydrogen) atoms. The van der Waals surface area contributed by atoms with Crippen molar-refractivity contribution < 1.29 is 17.6 Å². The first-order chi connectivity index (χ1) is 16.9. The smallest absolute Gasteiger partial charge is 0.345 e. The van der Waals surface area contributed by atoms with E-state index in [1.165, 1.54) is 39.9 Å². The van der Waals surface area contributed by atoms with Crippen LogP contribution in [-0.2, 0) is 10.0 Å². The molecule has 1 aliphatic rings. The molecule has 0 spiro atoms. The Kier molecular flexibility index (Phi) is 6.50. The summed E-state index contributed by atoms with van der Waals surface area (Å²) in [6, 6.07) is 14.8. The van der Waals surface area contributed by atoms with E-state index >= 15 is 0 Å². The van der Waals surface area contributed by atoms with Crippen LogP contribution in [0.1, 0.15) is 36.0 Å². The van der Waals surface area contributed by atoms with E-state index in [1.807, 2.05) is 12.1 Å². The van der Waals surface area contributed by atoms with Crippen LogP contribution >= 0.6 is 11.3 Å². The Labute approximate surface area is 206 Å². The fraction of sp³-hybridized carbons (Fsp3) is 0.240. The van der Waals surface area contributed by atoms with Gasteiger partial charge in [-0.1, -0.05) is 31.0 Å². The number of carbonyl (C=O) groups excluding carboxylic acids is 1. The van der Waals surface area contributed by atoms with E-state index in [1.54, 1.807) is 23.6 Å². The van der Waals surface area contributed by atoms with E-state index in [0.29, 0.717) is 40.6 Å². The van der Waals surface area contributed by atoms with E-state index < -0.39 is 21.6 Å². The summed E-state index contributed by atoms with van der Waals surface area (Å²) < 4.78 is 32.8. The van der Waals surface area contributed by atoms with Crippen molar-refractivity contribution in [1.82, 2.24) is 9.29 Å². The van der Waals surface area contributed by atoms with Crippen molar-refractivity contribution in [3.8, 4) is 11.3 Å². The van der Waals surface area contributed by atoms with Gasteiger partial charge in [0.25, 0.3) is 5.91 Å². The molecular formula is C25H23N3O5S2. The number of thiazole rings is 1. The number of anilines is 1. The molecule has 1 saturated heterocycles. The van der Waals surface area contributed by atoms with Crippen LogP contribution in [-0.4, -0.2) is 36.7 Å². The molecule has 0 radical (unpaired) electrons. The van der Waals surface area contributed by atoms with Gasteiger partial charge in [-0.15, -0.1) is 11.3 Å². The van der Waals surface area contributed by atoms with Crippen LogP contribution in [0.3, 0.4) is 0 Å². The molecule has 8 nitrogen and oxygen atoms in total. The Hall–Kier alpha value is -3.34. The minimum atomic E-state index is -3.58. The molecule has 180 valence electrons. The normalized spacial score (nSPS) is 15.1. The molecule has 3 heterocycles. The summed E-state index contributed by atoms with van der Waals surface area (Å²) in [5.41, 5.74) is 1.01. The molecule has 0 saturated carbocycles. The number of amides is 1. The number of sulfonamides is 1. The number of para-hydroxylation sites is 1. The van der Waals surface area contributed by atoms with Gasteiger partial charge in [-0.25, -0.2) is 18.2 Å². The van der Waals surface area contributed by atoms with E-state index in [2.05, 4.69) is 10.3 Å². The first-order valence-electron chi connectivity index (χ1n) is 11.3. The highest BCUT2D eigenvalue weighted by Crippen LogP contribution is 2.26. The average molecular weight is 510 g/mol. The summed E-state index contributed by atoms with van der Waals surface area (Å²) in [7, 11) is -3.58. The topological polar surface area (TPSA) is 110 Å². The van der Waals surface area contributed by atoms with Crippen molar-refractivity contribution in [2.75, 3.05) is 18.4 Å². The van der Waals surface area contributed by atoms with Gasteiger partial charge in [0.15, 0.2) is 5.13 Å². The second-order valence-electron chi connectivity index (χ2n) is 8.32. The van der Waals surface area contributed by atoms with E-state index in [4.69, 9.17) is 4.42 Å². The second-order valence-corrected chi connectivity index (χ2v) is 11.1. The predicted molar refractivity (Wildman–Crippen MR) is 135 cm³/mol. The molecule has 0 atom stereocenters. The van der Waals surface area contributed by atoms with Gasteiger partial charge in [-0.2, -0.15) is 4.31 Å². The number of nitrogens with zero attached hydrogens (tertiary/aromatic N) is 2. The monoisotopic (exact) mass is 509 g/mol. The zero-order valence-electron chi connectivity index (χ0n) is 18.8. The fourth-order valence-corrected chi connectivity index (χ4v) is 6.30.